The number of benzene rings is 1. The maximum atomic E-state index is 4.09. The first kappa shape index (κ1) is 14.7. The Bertz CT molecular complexity index is 553. The van der Waals surface area contributed by atoms with Crippen LogP contribution in [0.2, 0.25) is 0 Å². The van der Waals surface area contributed by atoms with E-state index in [-0.39, 0.29) is 5.54 Å². The average Bonchev–Trinajstić information content (AvgIpc) is 2.81. The average molecular weight is 273 g/mol. The van der Waals surface area contributed by atoms with Gasteiger partial charge < -0.3 is 5.32 Å². The Morgan fingerprint density at radius 2 is 2.05 bits per heavy atom. The smallest absolute Gasteiger partial charge is 0.165 e. The molecule has 0 amide bonds. The molecule has 1 aromatic carbocycles. The minimum Gasteiger partial charge on any atom is -0.305 e. The van der Waals surface area contributed by atoms with Crippen molar-refractivity contribution in [2.45, 2.75) is 52.7 Å². The third kappa shape index (κ3) is 4.42. The van der Waals surface area contributed by atoms with Crippen LogP contribution in [0.4, 0.5) is 0 Å². The van der Waals surface area contributed by atoms with Gasteiger partial charge in [-0.2, -0.15) is 0 Å². The number of tetrazole rings is 1. The van der Waals surface area contributed by atoms with Crippen molar-refractivity contribution in [2.24, 2.45) is 0 Å². The number of aryl methyl sites for hydroxylation is 3. The first-order valence-electron chi connectivity index (χ1n) is 7.00. The third-order valence-corrected chi connectivity index (χ3v) is 3.08. The van der Waals surface area contributed by atoms with E-state index in [0.717, 1.165) is 18.8 Å². The molecule has 0 aliphatic carbocycles. The van der Waals surface area contributed by atoms with E-state index in [9.17, 15) is 0 Å². The van der Waals surface area contributed by atoms with Gasteiger partial charge in [0, 0.05) is 12.1 Å². The van der Waals surface area contributed by atoms with Crippen molar-refractivity contribution < 1.29 is 0 Å². The van der Waals surface area contributed by atoms with E-state index < -0.39 is 0 Å². The summed E-state index contributed by atoms with van der Waals surface area (Å²) in [5, 5.41) is 15.3. The van der Waals surface area contributed by atoms with Gasteiger partial charge in [0.25, 0.3) is 0 Å². The second-order valence-electron chi connectivity index (χ2n) is 6.16. The van der Waals surface area contributed by atoms with Gasteiger partial charge in [-0.1, -0.05) is 29.8 Å². The van der Waals surface area contributed by atoms with E-state index in [2.05, 4.69) is 72.8 Å². The number of hydrogen-bond donors (Lipinski definition) is 1. The van der Waals surface area contributed by atoms with Crippen LogP contribution in [0.3, 0.4) is 0 Å². The lowest BCUT2D eigenvalue weighted by Crippen LogP contribution is -2.36. The van der Waals surface area contributed by atoms with Crippen LogP contribution in [-0.4, -0.2) is 25.7 Å². The Labute approximate surface area is 120 Å². The van der Waals surface area contributed by atoms with Crippen LogP contribution in [0.15, 0.2) is 24.3 Å². The fraction of sp³-hybridized carbons (Fsp3) is 0.533. The Balaban J connectivity index is 1.95. The highest BCUT2D eigenvalue weighted by Gasteiger charge is 2.12. The highest BCUT2D eigenvalue weighted by molar-refractivity contribution is 5.22. The van der Waals surface area contributed by atoms with Gasteiger partial charge in [-0.05, 0) is 50.1 Å². The highest BCUT2D eigenvalue weighted by atomic mass is 15.5. The summed E-state index contributed by atoms with van der Waals surface area (Å²) in [7, 11) is 0. The molecule has 0 bridgehead atoms. The van der Waals surface area contributed by atoms with E-state index in [1.165, 1.54) is 11.1 Å². The first-order chi connectivity index (χ1) is 9.44. The van der Waals surface area contributed by atoms with E-state index in [1.54, 1.807) is 0 Å². The molecule has 1 heterocycles. The Morgan fingerprint density at radius 3 is 2.75 bits per heavy atom. The molecule has 0 saturated carbocycles. The van der Waals surface area contributed by atoms with Crippen LogP contribution in [-0.2, 0) is 19.5 Å². The Kier molecular flexibility index (Phi) is 4.49. The Hall–Kier alpha value is -1.75. The molecule has 1 aromatic heterocycles. The van der Waals surface area contributed by atoms with Gasteiger partial charge in [-0.3, -0.25) is 0 Å². The van der Waals surface area contributed by atoms with Gasteiger partial charge in [0.2, 0.25) is 0 Å². The standard InChI is InChI=1S/C15H23N5/c1-12-6-5-7-13(10-12)8-9-20-14(17-18-19-20)11-16-15(2,3)4/h5-7,10,16H,8-9,11H2,1-4H3. The van der Waals surface area contributed by atoms with Gasteiger partial charge in [0.15, 0.2) is 5.82 Å². The molecule has 0 aliphatic rings. The molecule has 0 saturated heterocycles. The normalized spacial score (nSPS) is 11.8. The van der Waals surface area contributed by atoms with Crippen LogP contribution in [0.1, 0.15) is 37.7 Å². The zero-order valence-corrected chi connectivity index (χ0v) is 12.7. The lowest BCUT2D eigenvalue weighted by Gasteiger charge is -2.19. The van der Waals surface area contributed by atoms with Crippen molar-refractivity contribution in [3.8, 4) is 0 Å². The SMILES string of the molecule is Cc1cccc(CCn2nnnc2CNC(C)(C)C)c1. The predicted octanol–water partition coefficient (Wildman–Crippen LogP) is 2.11. The molecule has 5 heteroatoms. The molecule has 2 aromatic rings. The van der Waals surface area contributed by atoms with Crippen LogP contribution in [0, 0.1) is 6.92 Å². The van der Waals surface area contributed by atoms with Crippen molar-refractivity contribution in [3.05, 3.63) is 41.2 Å². The monoisotopic (exact) mass is 273 g/mol. The van der Waals surface area contributed by atoms with Crippen molar-refractivity contribution in [1.82, 2.24) is 25.5 Å². The Morgan fingerprint density at radius 1 is 1.25 bits per heavy atom. The molecule has 0 aliphatic heterocycles. The number of aromatic nitrogens is 4. The van der Waals surface area contributed by atoms with Crippen LogP contribution < -0.4 is 5.32 Å². The maximum Gasteiger partial charge on any atom is 0.165 e. The first-order valence-corrected chi connectivity index (χ1v) is 7.00. The number of rotatable bonds is 5. The lowest BCUT2D eigenvalue weighted by atomic mass is 10.1. The van der Waals surface area contributed by atoms with E-state index >= 15 is 0 Å². The van der Waals surface area contributed by atoms with Crippen LogP contribution in [0.5, 0.6) is 0 Å². The molecule has 20 heavy (non-hydrogen) atoms. The zero-order valence-electron chi connectivity index (χ0n) is 12.7. The summed E-state index contributed by atoms with van der Waals surface area (Å²) in [6.07, 6.45) is 0.940. The van der Waals surface area contributed by atoms with Crippen LogP contribution >= 0.6 is 0 Å². The molecule has 0 fully saturated rings. The molecular weight excluding hydrogens is 250 g/mol. The van der Waals surface area contributed by atoms with Gasteiger partial charge >= 0.3 is 0 Å². The predicted molar refractivity (Wildman–Crippen MR) is 79.3 cm³/mol. The second kappa shape index (κ2) is 6.13. The largest absolute Gasteiger partial charge is 0.305 e. The molecule has 0 spiro atoms. The molecule has 5 nitrogen and oxygen atoms in total. The van der Waals surface area contributed by atoms with Gasteiger partial charge in [0.05, 0.1) is 6.54 Å². The van der Waals surface area contributed by atoms with E-state index in [1.807, 2.05) is 4.68 Å². The summed E-state index contributed by atoms with van der Waals surface area (Å²) in [4.78, 5) is 0. The fourth-order valence-corrected chi connectivity index (χ4v) is 1.97. The topological polar surface area (TPSA) is 55.6 Å². The minimum atomic E-state index is 0.0628. The summed E-state index contributed by atoms with van der Waals surface area (Å²) >= 11 is 0. The third-order valence-electron chi connectivity index (χ3n) is 3.08. The quantitative estimate of drug-likeness (QED) is 0.906. The zero-order chi connectivity index (χ0) is 14.6. The molecule has 108 valence electrons. The van der Waals surface area contributed by atoms with Crippen molar-refractivity contribution in [3.63, 3.8) is 0 Å². The van der Waals surface area contributed by atoms with Gasteiger partial charge in [0.1, 0.15) is 0 Å². The molecule has 1 N–H and O–H groups in total. The summed E-state index contributed by atoms with van der Waals surface area (Å²) in [6.45, 7) is 10.00. The van der Waals surface area contributed by atoms with Crippen molar-refractivity contribution in [1.29, 1.82) is 0 Å². The van der Waals surface area contributed by atoms with Crippen molar-refractivity contribution in [2.75, 3.05) is 0 Å². The molecular formula is C15H23N5. The molecule has 0 radical (unpaired) electrons. The molecule has 2 rings (SSSR count). The summed E-state index contributed by atoms with van der Waals surface area (Å²) in [5.41, 5.74) is 2.66. The highest BCUT2D eigenvalue weighted by Crippen LogP contribution is 2.07. The number of nitrogens with one attached hydrogen (secondary N) is 1. The van der Waals surface area contributed by atoms with Crippen molar-refractivity contribution >= 4 is 0 Å². The number of nitrogens with zero attached hydrogens (tertiary/aromatic N) is 4. The fourth-order valence-electron chi connectivity index (χ4n) is 1.97. The molecule has 0 atom stereocenters. The summed E-state index contributed by atoms with van der Waals surface area (Å²) in [5.74, 6) is 0.882. The summed E-state index contributed by atoms with van der Waals surface area (Å²) in [6, 6.07) is 8.55. The number of hydrogen-bond acceptors (Lipinski definition) is 4. The van der Waals surface area contributed by atoms with Crippen LogP contribution in [0.25, 0.3) is 0 Å². The van der Waals surface area contributed by atoms with Gasteiger partial charge in [-0.25, -0.2) is 4.68 Å². The van der Waals surface area contributed by atoms with E-state index in [4.69, 9.17) is 0 Å². The summed E-state index contributed by atoms with van der Waals surface area (Å²) < 4.78 is 1.88. The molecule has 0 unspecified atom stereocenters. The van der Waals surface area contributed by atoms with Gasteiger partial charge in [-0.15, -0.1) is 5.10 Å². The van der Waals surface area contributed by atoms with E-state index in [0.29, 0.717) is 6.54 Å². The lowest BCUT2D eigenvalue weighted by molar-refractivity contribution is 0.407. The second-order valence-corrected chi connectivity index (χ2v) is 6.16. The maximum absolute atomic E-state index is 4.09. The minimum absolute atomic E-state index is 0.0628.